The molecule has 1 aromatic heterocycles. The fourth-order valence-corrected chi connectivity index (χ4v) is 2.63. The molecule has 28 heavy (non-hydrogen) atoms. The summed E-state index contributed by atoms with van der Waals surface area (Å²) < 4.78 is 33.3. The van der Waals surface area contributed by atoms with E-state index in [9.17, 15) is 18.0 Å². The molecule has 1 heterocycles. The van der Waals surface area contributed by atoms with Gasteiger partial charge >= 0.3 is 12.1 Å². The van der Waals surface area contributed by atoms with Crippen molar-refractivity contribution in [1.29, 1.82) is 0 Å². The van der Waals surface area contributed by atoms with Crippen LogP contribution in [0.1, 0.15) is 5.82 Å². The van der Waals surface area contributed by atoms with Gasteiger partial charge < -0.3 is 10.8 Å². The third-order valence-electron chi connectivity index (χ3n) is 3.54. The van der Waals surface area contributed by atoms with E-state index in [4.69, 9.17) is 27.2 Å². The second-order valence-electron chi connectivity index (χ2n) is 5.48. The average molecular weight is 414 g/mol. The van der Waals surface area contributed by atoms with Crippen LogP contribution in [-0.2, 0) is 11.2 Å². The summed E-state index contributed by atoms with van der Waals surface area (Å²) in [5.74, 6) is -2.11. The van der Waals surface area contributed by atoms with E-state index in [2.05, 4.69) is 4.98 Å². The summed E-state index contributed by atoms with van der Waals surface area (Å²) in [6.45, 7) is 0.422. The molecule has 148 valence electrons. The van der Waals surface area contributed by atoms with Crippen LogP contribution >= 0.6 is 11.6 Å². The third-order valence-corrected chi connectivity index (χ3v) is 3.86. The summed E-state index contributed by atoms with van der Waals surface area (Å²) in [7, 11) is 0. The zero-order valence-corrected chi connectivity index (χ0v) is 15.0. The Morgan fingerprint density at radius 2 is 1.75 bits per heavy atom. The number of aliphatic carboxylic acids is 1. The zero-order chi connectivity index (χ0) is 20.9. The van der Waals surface area contributed by atoms with Gasteiger partial charge in [0.05, 0.1) is 21.6 Å². The molecule has 2 aromatic carbocycles. The van der Waals surface area contributed by atoms with E-state index in [1.165, 1.54) is 0 Å². The number of hydrogen-bond donors (Lipinski definition) is 2. The minimum absolute atomic E-state index is 0.166. The average Bonchev–Trinajstić information content (AvgIpc) is 2.62. The Morgan fingerprint density at radius 1 is 1.14 bits per heavy atom. The van der Waals surface area contributed by atoms with Gasteiger partial charge in [0.2, 0.25) is 0 Å². The van der Waals surface area contributed by atoms with Crippen LogP contribution in [0.2, 0.25) is 5.02 Å². The van der Waals surface area contributed by atoms with Crippen molar-refractivity contribution < 1.29 is 23.1 Å². The predicted molar refractivity (Wildman–Crippen MR) is 98.8 cm³/mol. The summed E-state index contributed by atoms with van der Waals surface area (Å²) in [6.07, 6.45) is -4.56. The van der Waals surface area contributed by atoms with E-state index in [1.807, 2.05) is 30.3 Å². The Bertz CT molecular complexity index is 1040. The van der Waals surface area contributed by atoms with Gasteiger partial charge in [0.1, 0.15) is 5.82 Å². The van der Waals surface area contributed by atoms with Gasteiger partial charge in [-0.1, -0.05) is 35.9 Å². The lowest BCUT2D eigenvalue weighted by molar-refractivity contribution is -0.192. The molecule has 0 aliphatic rings. The van der Waals surface area contributed by atoms with Crippen molar-refractivity contribution in [3.8, 4) is 5.69 Å². The molecule has 6 nitrogen and oxygen atoms in total. The van der Waals surface area contributed by atoms with Gasteiger partial charge in [-0.15, -0.1) is 0 Å². The Morgan fingerprint density at radius 3 is 2.29 bits per heavy atom. The predicted octanol–water partition coefficient (Wildman–Crippen LogP) is 3.17. The lowest BCUT2D eigenvalue weighted by Crippen LogP contribution is -2.25. The van der Waals surface area contributed by atoms with Gasteiger partial charge in [0.15, 0.2) is 0 Å². The van der Waals surface area contributed by atoms with Crippen LogP contribution < -0.4 is 11.3 Å². The molecule has 0 spiro atoms. The highest BCUT2D eigenvalue weighted by atomic mass is 35.5. The normalized spacial score (nSPS) is 11.0. The molecule has 0 saturated heterocycles. The van der Waals surface area contributed by atoms with E-state index in [-0.39, 0.29) is 5.56 Å². The second-order valence-corrected chi connectivity index (χ2v) is 5.89. The van der Waals surface area contributed by atoms with Crippen LogP contribution in [0.15, 0.2) is 53.3 Å². The number of benzene rings is 2. The molecule has 3 rings (SSSR count). The standard InChI is InChI=1S/C16H14ClN3O.C2HF3O2/c17-12-7-4-8-13-15(12)16(21)20(14(19-13)9-10-18)11-5-2-1-3-6-11;3-2(4,5)1(6)7/h1-8H,9-10,18H2;(H,6,7). The zero-order valence-electron chi connectivity index (χ0n) is 14.3. The molecule has 0 aliphatic carbocycles. The number of carboxylic acids is 1. The molecule has 3 N–H and O–H groups in total. The SMILES string of the molecule is NCCc1nc2cccc(Cl)c2c(=O)n1-c1ccccc1.O=C(O)C(F)(F)F. The van der Waals surface area contributed by atoms with Crippen molar-refractivity contribution in [3.63, 3.8) is 0 Å². The van der Waals surface area contributed by atoms with Crippen molar-refractivity contribution in [1.82, 2.24) is 9.55 Å². The molecular formula is C18H15ClF3N3O3. The van der Waals surface area contributed by atoms with E-state index in [0.29, 0.717) is 34.7 Å². The number of hydrogen-bond acceptors (Lipinski definition) is 4. The molecule has 0 saturated carbocycles. The van der Waals surface area contributed by atoms with Gasteiger partial charge in [-0.25, -0.2) is 9.78 Å². The van der Waals surface area contributed by atoms with Crippen LogP contribution in [0.4, 0.5) is 13.2 Å². The van der Waals surface area contributed by atoms with Crippen LogP contribution in [0.25, 0.3) is 16.6 Å². The number of para-hydroxylation sites is 1. The van der Waals surface area contributed by atoms with E-state index in [1.54, 1.807) is 22.8 Å². The highest BCUT2D eigenvalue weighted by Gasteiger charge is 2.38. The maximum absolute atomic E-state index is 12.8. The number of aromatic nitrogens is 2. The number of nitrogens with zero attached hydrogens (tertiary/aromatic N) is 2. The molecule has 0 fully saturated rings. The molecule has 0 aliphatic heterocycles. The number of halogens is 4. The first-order valence-corrected chi connectivity index (χ1v) is 8.30. The minimum Gasteiger partial charge on any atom is -0.475 e. The summed E-state index contributed by atoms with van der Waals surface area (Å²) in [6, 6.07) is 14.7. The molecular weight excluding hydrogens is 399 g/mol. The van der Waals surface area contributed by atoms with Crippen molar-refractivity contribution in [2.75, 3.05) is 6.54 Å². The molecule has 0 atom stereocenters. The number of rotatable bonds is 3. The molecule has 10 heteroatoms. The monoisotopic (exact) mass is 413 g/mol. The summed E-state index contributed by atoms with van der Waals surface area (Å²) >= 11 is 6.17. The van der Waals surface area contributed by atoms with Crippen LogP contribution in [-0.4, -0.2) is 33.3 Å². The quantitative estimate of drug-likeness (QED) is 0.687. The number of fused-ring (bicyclic) bond motifs is 1. The second kappa shape index (κ2) is 8.85. The Kier molecular flexibility index (Phi) is 6.76. The first-order valence-electron chi connectivity index (χ1n) is 7.92. The molecule has 0 radical (unpaired) electrons. The molecule has 3 aromatic rings. The highest BCUT2D eigenvalue weighted by molar-refractivity contribution is 6.35. The lowest BCUT2D eigenvalue weighted by atomic mass is 10.2. The van der Waals surface area contributed by atoms with Crippen LogP contribution in [0.5, 0.6) is 0 Å². The summed E-state index contributed by atoms with van der Waals surface area (Å²) in [5, 5.41) is 7.97. The maximum atomic E-state index is 12.8. The number of carbonyl (C=O) groups is 1. The van der Waals surface area contributed by atoms with Crippen LogP contribution in [0, 0.1) is 0 Å². The smallest absolute Gasteiger partial charge is 0.475 e. The Labute approximate surface area is 162 Å². The van der Waals surface area contributed by atoms with Crippen LogP contribution in [0.3, 0.4) is 0 Å². The first-order chi connectivity index (χ1) is 13.2. The Balaban J connectivity index is 0.000000345. The lowest BCUT2D eigenvalue weighted by Gasteiger charge is -2.13. The van der Waals surface area contributed by atoms with Gasteiger partial charge in [-0.05, 0) is 30.8 Å². The first kappa shape index (κ1) is 21.4. The van der Waals surface area contributed by atoms with Gasteiger partial charge in [0, 0.05) is 6.42 Å². The summed E-state index contributed by atoms with van der Waals surface area (Å²) in [5.41, 5.74) is 6.85. The fourth-order valence-electron chi connectivity index (χ4n) is 2.38. The number of alkyl halides is 3. The molecule has 0 bridgehead atoms. The topological polar surface area (TPSA) is 98.2 Å². The fraction of sp³-hybridized carbons (Fsp3) is 0.167. The van der Waals surface area contributed by atoms with E-state index < -0.39 is 12.1 Å². The maximum Gasteiger partial charge on any atom is 0.490 e. The van der Waals surface area contributed by atoms with Crippen molar-refractivity contribution in [3.05, 3.63) is 69.7 Å². The summed E-state index contributed by atoms with van der Waals surface area (Å²) in [4.78, 5) is 26.3. The molecule has 0 unspecified atom stereocenters. The van der Waals surface area contributed by atoms with E-state index in [0.717, 1.165) is 5.69 Å². The molecule has 0 amide bonds. The van der Waals surface area contributed by atoms with Crippen molar-refractivity contribution >= 4 is 28.5 Å². The third kappa shape index (κ3) is 4.87. The number of nitrogens with two attached hydrogens (primary N) is 1. The van der Waals surface area contributed by atoms with Gasteiger partial charge in [0.25, 0.3) is 5.56 Å². The van der Waals surface area contributed by atoms with Gasteiger partial charge in [-0.3, -0.25) is 9.36 Å². The minimum atomic E-state index is -5.08. The van der Waals surface area contributed by atoms with Crippen molar-refractivity contribution in [2.45, 2.75) is 12.6 Å². The van der Waals surface area contributed by atoms with Crippen molar-refractivity contribution in [2.24, 2.45) is 5.73 Å². The van der Waals surface area contributed by atoms with E-state index >= 15 is 0 Å². The largest absolute Gasteiger partial charge is 0.490 e. The number of carboxylic acid groups (broad SMARTS) is 1. The highest BCUT2D eigenvalue weighted by Crippen LogP contribution is 2.20. The van der Waals surface area contributed by atoms with Gasteiger partial charge in [-0.2, -0.15) is 13.2 Å². The Hall–Kier alpha value is -2.91.